The number of carbonyl (C=O) groups excluding carboxylic acids is 3. The van der Waals surface area contributed by atoms with Crippen molar-refractivity contribution in [3.63, 3.8) is 0 Å². The van der Waals surface area contributed by atoms with E-state index in [1.807, 2.05) is 17.0 Å². The van der Waals surface area contributed by atoms with Crippen molar-refractivity contribution in [2.75, 3.05) is 32.8 Å². The van der Waals surface area contributed by atoms with Gasteiger partial charge in [0.05, 0.1) is 11.8 Å². The van der Waals surface area contributed by atoms with Crippen LogP contribution in [0.5, 0.6) is 0 Å². The lowest BCUT2D eigenvalue weighted by atomic mass is 9.73. The van der Waals surface area contributed by atoms with E-state index < -0.39 is 11.5 Å². The quantitative estimate of drug-likeness (QED) is 0.705. The Morgan fingerprint density at radius 1 is 1.09 bits per heavy atom. The zero-order valence-corrected chi connectivity index (χ0v) is 19.6. The number of carbonyl (C=O) groups is 3. The van der Waals surface area contributed by atoms with Gasteiger partial charge in [0.15, 0.2) is 0 Å². The topological polar surface area (TPSA) is 87.7 Å². The molecule has 0 aliphatic carbocycles. The van der Waals surface area contributed by atoms with Crippen molar-refractivity contribution < 1.29 is 19.1 Å². The summed E-state index contributed by atoms with van der Waals surface area (Å²) in [7, 11) is 0. The lowest BCUT2D eigenvalue weighted by Crippen LogP contribution is -2.54. The summed E-state index contributed by atoms with van der Waals surface area (Å²) in [5.74, 6) is -0.200. The Labute approximate surface area is 195 Å². The second-order valence-electron chi connectivity index (χ2n) is 8.87. The lowest BCUT2D eigenvalue weighted by molar-refractivity contribution is -0.142. The third-order valence-corrected chi connectivity index (χ3v) is 6.78. The molecule has 7 nitrogen and oxygen atoms in total. The number of nitrogens with zero attached hydrogens (tertiary/aromatic N) is 1. The van der Waals surface area contributed by atoms with Gasteiger partial charge in [0.1, 0.15) is 6.04 Å². The zero-order valence-electron chi connectivity index (χ0n) is 18.8. The molecule has 2 fully saturated rings. The first-order valence-corrected chi connectivity index (χ1v) is 12.0. The molecule has 2 aliphatic heterocycles. The smallest absolute Gasteiger partial charge is 0.242 e. The fourth-order valence-corrected chi connectivity index (χ4v) is 4.51. The highest BCUT2D eigenvalue weighted by molar-refractivity contribution is 6.30. The Morgan fingerprint density at radius 2 is 1.78 bits per heavy atom. The molecule has 176 valence electrons. The number of benzene rings is 1. The first-order valence-electron chi connectivity index (χ1n) is 11.6. The Hall–Kier alpha value is -2.12. The van der Waals surface area contributed by atoms with Gasteiger partial charge >= 0.3 is 0 Å². The van der Waals surface area contributed by atoms with Gasteiger partial charge in [-0.3, -0.25) is 14.4 Å². The van der Waals surface area contributed by atoms with Gasteiger partial charge in [0.2, 0.25) is 17.7 Å². The molecule has 1 spiro atoms. The molecule has 0 saturated carbocycles. The minimum Gasteiger partial charge on any atom is -0.381 e. The Kier molecular flexibility index (Phi) is 8.93. The SMILES string of the molecule is C[C@@H]1NC(=O)C2(CCCCOCCCNC1=O)CCN(C(=O)Cc1ccc(Cl)cc1)CC2. The standard InChI is InChI=1S/C24H34ClN3O4/c1-18-22(30)26-12-4-16-32-15-3-2-9-24(23(31)27-18)10-13-28(14-11-24)21(29)17-19-5-7-20(25)8-6-19/h5-8,18H,2-4,9-17H2,1H3,(H,26,30)(H,27,31)/t18-/m0/s1. The zero-order chi connectivity index (χ0) is 23.0. The van der Waals surface area contributed by atoms with E-state index in [-0.39, 0.29) is 17.7 Å². The molecular formula is C24H34ClN3O4. The highest BCUT2D eigenvalue weighted by Crippen LogP contribution is 2.37. The van der Waals surface area contributed by atoms with E-state index in [2.05, 4.69) is 10.6 Å². The molecule has 3 rings (SSSR count). The van der Waals surface area contributed by atoms with Gasteiger partial charge in [-0.2, -0.15) is 0 Å². The van der Waals surface area contributed by atoms with Gasteiger partial charge in [0.25, 0.3) is 0 Å². The van der Waals surface area contributed by atoms with Crippen LogP contribution in [0.15, 0.2) is 24.3 Å². The number of piperidine rings is 1. The van der Waals surface area contributed by atoms with E-state index in [0.717, 1.165) is 31.2 Å². The van der Waals surface area contributed by atoms with Crippen molar-refractivity contribution in [2.45, 2.75) is 57.9 Å². The van der Waals surface area contributed by atoms with Crippen LogP contribution in [0.3, 0.4) is 0 Å². The van der Waals surface area contributed by atoms with E-state index in [0.29, 0.717) is 57.1 Å². The molecule has 2 aliphatic rings. The van der Waals surface area contributed by atoms with Crippen LogP contribution in [0.4, 0.5) is 0 Å². The number of likely N-dealkylation sites (tertiary alicyclic amines) is 1. The van der Waals surface area contributed by atoms with Crippen LogP contribution in [-0.4, -0.2) is 61.5 Å². The van der Waals surface area contributed by atoms with Gasteiger partial charge in [0, 0.05) is 37.9 Å². The summed E-state index contributed by atoms with van der Waals surface area (Å²) in [6.07, 6.45) is 4.79. The Morgan fingerprint density at radius 3 is 2.50 bits per heavy atom. The van der Waals surface area contributed by atoms with Crippen molar-refractivity contribution in [1.82, 2.24) is 15.5 Å². The van der Waals surface area contributed by atoms with Gasteiger partial charge in [-0.1, -0.05) is 30.2 Å². The van der Waals surface area contributed by atoms with Crippen LogP contribution in [0.1, 0.15) is 51.0 Å². The second kappa shape index (κ2) is 11.7. The summed E-state index contributed by atoms with van der Waals surface area (Å²) in [5, 5.41) is 6.43. The molecule has 32 heavy (non-hydrogen) atoms. The third kappa shape index (κ3) is 6.69. The largest absolute Gasteiger partial charge is 0.381 e. The fraction of sp³-hybridized carbons (Fsp3) is 0.625. The molecule has 2 N–H and O–H groups in total. The number of amides is 3. The van der Waals surface area contributed by atoms with Gasteiger partial charge in [-0.05, 0) is 56.7 Å². The summed E-state index contributed by atoms with van der Waals surface area (Å²) in [4.78, 5) is 40.2. The molecule has 8 heteroatoms. The number of hydrogen-bond acceptors (Lipinski definition) is 4. The predicted octanol–water partition coefficient (Wildman–Crippen LogP) is 2.70. The first kappa shape index (κ1) is 24.5. The van der Waals surface area contributed by atoms with Crippen molar-refractivity contribution in [2.24, 2.45) is 5.41 Å². The third-order valence-electron chi connectivity index (χ3n) is 6.52. The highest BCUT2D eigenvalue weighted by atomic mass is 35.5. The van der Waals surface area contributed by atoms with Gasteiger partial charge in [-0.25, -0.2) is 0 Å². The van der Waals surface area contributed by atoms with Crippen molar-refractivity contribution >= 4 is 29.3 Å². The number of nitrogens with one attached hydrogen (secondary N) is 2. The highest BCUT2D eigenvalue weighted by Gasteiger charge is 2.42. The van der Waals surface area contributed by atoms with Gasteiger partial charge < -0.3 is 20.3 Å². The maximum absolute atomic E-state index is 13.3. The van der Waals surface area contributed by atoms with Crippen LogP contribution in [-0.2, 0) is 25.5 Å². The van der Waals surface area contributed by atoms with Crippen LogP contribution in [0.25, 0.3) is 0 Å². The number of hydrogen-bond donors (Lipinski definition) is 2. The minimum absolute atomic E-state index is 0.0598. The number of rotatable bonds is 2. The molecule has 1 aromatic rings. The Bertz CT molecular complexity index is 791. The molecule has 2 heterocycles. The number of ether oxygens (including phenoxy) is 1. The molecule has 1 aromatic carbocycles. The van der Waals surface area contributed by atoms with E-state index >= 15 is 0 Å². The van der Waals surface area contributed by atoms with Gasteiger partial charge in [-0.15, -0.1) is 0 Å². The molecule has 0 bridgehead atoms. The summed E-state index contributed by atoms with van der Waals surface area (Å²) < 4.78 is 5.64. The fourth-order valence-electron chi connectivity index (χ4n) is 4.39. The maximum atomic E-state index is 13.3. The average Bonchev–Trinajstić information content (AvgIpc) is 2.79. The van der Waals surface area contributed by atoms with E-state index in [4.69, 9.17) is 16.3 Å². The van der Waals surface area contributed by atoms with E-state index in [1.54, 1.807) is 19.1 Å². The Balaban J connectivity index is 1.63. The maximum Gasteiger partial charge on any atom is 0.242 e. The normalized spacial score (nSPS) is 23.2. The average molecular weight is 464 g/mol. The van der Waals surface area contributed by atoms with Crippen molar-refractivity contribution in [1.29, 1.82) is 0 Å². The molecular weight excluding hydrogens is 430 g/mol. The lowest BCUT2D eigenvalue weighted by Gasteiger charge is -2.41. The molecule has 2 saturated heterocycles. The summed E-state index contributed by atoms with van der Waals surface area (Å²) >= 11 is 5.93. The minimum atomic E-state index is -0.590. The monoisotopic (exact) mass is 463 g/mol. The number of halogens is 1. The summed E-state index contributed by atoms with van der Waals surface area (Å²) in [6, 6.07) is 6.72. The van der Waals surface area contributed by atoms with Crippen LogP contribution in [0, 0.1) is 5.41 Å². The molecule has 1 atom stereocenters. The van der Waals surface area contributed by atoms with Crippen LogP contribution < -0.4 is 10.6 Å². The first-order chi connectivity index (χ1) is 15.4. The van der Waals surface area contributed by atoms with Crippen molar-refractivity contribution in [3.05, 3.63) is 34.9 Å². The van der Waals surface area contributed by atoms with E-state index in [1.165, 1.54) is 0 Å². The van der Waals surface area contributed by atoms with E-state index in [9.17, 15) is 14.4 Å². The molecule has 3 amide bonds. The predicted molar refractivity (Wildman–Crippen MR) is 123 cm³/mol. The molecule has 0 radical (unpaired) electrons. The molecule has 0 aromatic heterocycles. The van der Waals surface area contributed by atoms with Crippen LogP contribution in [0.2, 0.25) is 5.02 Å². The van der Waals surface area contributed by atoms with Crippen LogP contribution >= 0.6 is 11.6 Å². The summed E-state index contributed by atoms with van der Waals surface area (Å²) in [6.45, 7) is 4.61. The molecule has 0 unspecified atom stereocenters. The van der Waals surface area contributed by atoms with Crippen molar-refractivity contribution in [3.8, 4) is 0 Å². The summed E-state index contributed by atoms with van der Waals surface area (Å²) in [5.41, 5.74) is 0.366. The second-order valence-corrected chi connectivity index (χ2v) is 9.31.